The van der Waals surface area contributed by atoms with Crippen molar-refractivity contribution in [2.24, 2.45) is 16.6 Å². The van der Waals surface area contributed by atoms with E-state index < -0.39 is 0 Å². The van der Waals surface area contributed by atoms with Gasteiger partial charge in [-0.05, 0) is 12.3 Å². The molecule has 1 aliphatic heterocycles. The third kappa shape index (κ3) is 2.04. The molecule has 0 aliphatic carbocycles. The summed E-state index contributed by atoms with van der Waals surface area (Å²) in [5.74, 6) is 0.554. The van der Waals surface area contributed by atoms with Gasteiger partial charge in [-0.15, -0.1) is 0 Å². The Kier molecular flexibility index (Phi) is 2.81. The summed E-state index contributed by atoms with van der Waals surface area (Å²) in [6.07, 6.45) is 0.738. The Hall–Kier alpha value is -0.900. The van der Waals surface area contributed by atoms with Crippen LogP contribution in [-0.4, -0.2) is 24.5 Å². The maximum absolute atomic E-state index is 11.1. The smallest absolute Gasteiger partial charge is 0.337 e. The average molecular weight is 170 g/mol. The molecule has 1 atom stereocenters. The second-order valence-electron chi connectivity index (χ2n) is 3.29. The molecule has 0 spiro atoms. The van der Waals surface area contributed by atoms with E-state index in [-0.39, 0.29) is 18.6 Å². The lowest BCUT2D eigenvalue weighted by Gasteiger charge is -2.05. The molecular formula is C8H14N2O2. The number of nitrogens with zero attached hydrogens (tertiary/aromatic N) is 1. The molecule has 0 aromatic carbocycles. The minimum Gasteiger partial charge on any atom is -0.409 e. The summed E-state index contributed by atoms with van der Waals surface area (Å²) < 4.78 is 4.81. The summed E-state index contributed by atoms with van der Waals surface area (Å²) in [7, 11) is 0. The standard InChI is InChI=1S/C8H14N2O2/c1-5(2)3-6-8(11)12-7(4-9)10-6/h5-6H,3-4,9H2,1-2H3/t6-/m0/s1. The van der Waals surface area contributed by atoms with E-state index in [0.29, 0.717) is 11.8 Å². The highest BCUT2D eigenvalue weighted by Gasteiger charge is 2.28. The van der Waals surface area contributed by atoms with Crippen molar-refractivity contribution in [3.8, 4) is 0 Å². The molecule has 0 fully saturated rings. The van der Waals surface area contributed by atoms with Gasteiger partial charge in [-0.2, -0.15) is 0 Å². The topological polar surface area (TPSA) is 64.7 Å². The predicted octanol–water partition coefficient (Wildman–Crippen LogP) is 0.315. The second kappa shape index (κ2) is 3.67. The number of carbonyl (C=O) groups excluding carboxylic acids is 1. The van der Waals surface area contributed by atoms with Crippen molar-refractivity contribution in [1.29, 1.82) is 0 Å². The number of carbonyl (C=O) groups is 1. The lowest BCUT2D eigenvalue weighted by atomic mass is 10.1. The summed E-state index contributed by atoms with van der Waals surface area (Å²) in [6, 6.07) is -0.316. The molecule has 0 radical (unpaired) electrons. The van der Waals surface area contributed by atoms with E-state index in [1.165, 1.54) is 0 Å². The first-order valence-corrected chi connectivity index (χ1v) is 4.12. The fourth-order valence-electron chi connectivity index (χ4n) is 1.13. The molecular weight excluding hydrogens is 156 g/mol. The van der Waals surface area contributed by atoms with Crippen molar-refractivity contribution < 1.29 is 9.53 Å². The summed E-state index contributed by atoms with van der Waals surface area (Å²) >= 11 is 0. The number of ether oxygens (including phenoxy) is 1. The molecule has 68 valence electrons. The molecule has 4 nitrogen and oxygen atoms in total. The lowest BCUT2D eigenvalue weighted by molar-refractivity contribution is -0.135. The average Bonchev–Trinajstić information content (AvgIpc) is 2.31. The Morgan fingerprint density at radius 3 is 2.75 bits per heavy atom. The Morgan fingerprint density at radius 2 is 2.33 bits per heavy atom. The molecule has 0 bridgehead atoms. The van der Waals surface area contributed by atoms with E-state index in [1.54, 1.807) is 0 Å². The number of esters is 1. The SMILES string of the molecule is CC(C)C[C@@H]1N=C(CN)OC1=O. The van der Waals surface area contributed by atoms with Crippen LogP contribution in [0.1, 0.15) is 20.3 Å². The first-order chi connectivity index (χ1) is 5.63. The molecule has 12 heavy (non-hydrogen) atoms. The van der Waals surface area contributed by atoms with Gasteiger partial charge >= 0.3 is 5.97 Å². The van der Waals surface area contributed by atoms with Crippen LogP contribution in [0.25, 0.3) is 0 Å². The quantitative estimate of drug-likeness (QED) is 0.620. The Labute approximate surface area is 71.8 Å². The summed E-state index contributed by atoms with van der Waals surface area (Å²) in [5.41, 5.74) is 5.28. The highest BCUT2D eigenvalue weighted by Crippen LogP contribution is 2.14. The predicted molar refractivity (Wildman–Crippen MR) is 45.8 cm³/mol. The van der Waals surface area contributed by atoms with Crippen LogP contribution >= 0.6 is 0 Å². The normalized spacial score (nSPS) is 22.8. The molecule has 0 aromatic heterocycles. The molecule has 0 unspecified atom stereocenters. The summed E-state index contributed by atoms with van der Waals surface area (Å²) in [5, 5.41) is 0. The van der Waals surface area contributed by atoms with Crippen LogP contribution in [0, 0.1) is 5.92 Å². The van der Waals surface area contributed by atoms with Gasteiger partial charge in [0.1, 0.15) is 0 Å². The third-order valence-electron chi connectivity index (χ3n) is 1.66. The minimum atomic E-state index is -0.316. The summed E-state index contributed by atoms with van der Waals surface area (Å²) in [4.78, 5) is 15.1. The Balaban J connectivity index is 2.54. The molecule has 2 N–H and O–H groups in total. The Bertz CT molecular complexity index is 211. The monoisotopic (exact) mass is 170 g/mol. The first kappa shape index (κ1) is 9.19. The highest BCUT2D eigenvalue weighted by atomic mass is 16.6. The molecule has 0 aromatic rings. The van der Waals surface area contributed by atoms with E-state index in [2.05, 4.69) is 4.99 Å². The fourth-order valence-corrected chi connectivity index (χ4v) is 1.13. The largest absolute Gasteiger partial charge is 0.409 e. The van der Waals surface area contributed by atoms with Gasteiger partial charge in [0.2, 0.25) is 5.90 Å². The lowest BCUT2D eigenvalue weighted by Crippen LogP contribution is -2.18. The number of hydrogen-bond acceptors (Lipinski definition) is 4. The zero-order chi connectivity index (χ0) is 9.14. The van der Waals surface area contributed by atoms with Crippen molar-refractivity contribution in [3.05, 3.63) is 0 Å². The molecule has 1 rings (SSSR count). The molecule has 1 aliphatic rings. The van der Waals surface area contributed by atoms with E-state index in [4.69, 9.17) is 10.5 Å². The molecule has 1 heterocycles. The van der Waals surface area contributed by atoms with Crippen molar-refractivity contribution >= 4 is 11.9 Å². The van der Waals surface area contributed by atoms with Gasteiger partial charge in [-0.25, -0.2) is 9.79 Å². The van der Waals surface area contributed by atoms with Gasteiger partial charge < -0.3 is 10.5 Å². The Morgan fingerprint density at radius 1 is 1.67 bits per heavy atom. The van der Waals surface area contributed by atoms with Crippen LogP contribution in [-0.2, 0) is 9.53 Å². The van der Waals surface area contributed by atoms with Crippen molar-refractivity contribution in [2.75, 3.05) is 6.54 Å². The van der Waals surface area contributed by atoms with E-state index in [9.17, 15) is 4.79 Å². The van der Waals surface area contributed by atoms with E-state index >= 15 is 0 Å². The van der Waals surface area contributed by atoms with Crippen LogP contribution in [0.3, 0.4) is 0 Å². The second-order valence-corrected chi connectivity index (χ2v) is 3.29. The van der Waals surface area contributed by atoms with Gasteiger partial charge in [0.05, 0.1) is 6.54 Å². The maximum Gasteiger partial charge on any atom is 0.337 e. The van der Waals surface area contributed by atoms with Gasteiger partial charge in [0.25, 0.3) is 0 Å². The minimum absolute atomic E-state index is 0.209. The number of hydrogen-bond donors (Lipinski definition) is 1. The van der Waals surface area contributed by atoms with Crippen LogP contribution < -0.4 is 5.73 Å². The van der Waals surface area contributed by atoms with Gasteiger partial charge in [0.15, 0.2) is 6.04 Å². The number of aliphatic imine (C=N–C) groups is 1. The van der Waals surface area contributed by atoms with Crippen molar-refractivity contribution in [3.63, 3.8) is 0 Å². The summed E-state index contributed by atoms with van der Waals surface area (Å²) in [6.45, 7) is 4.30. The van der Waals surface area contributed by atoms with Crippen molar-refractivity contribution in [1.82, 2.24) is 0 Å². The number of nitrogens with two attached hydrogens (primary N) is 1. The molecule has 0 amide bonds. The first-order valence-electron chi connectivity index (χ1n) is 4.12. The number of rotatable bonds is 3. The maximum atomic E-state index is 11.1. The molecule has 0 saturated heterocycles. The molecule has 0 saturated carbocycles. The highest BCUT2D eigenvalue weighted by molar-refractivity contribution is 5.97. The van der Waals surface area contributed by atoms with Crippen LogP contribution in [0.2, 0.25) is 0 Å². The molecule has 4 heteroatoms. The fraction of sp³-hybridized carbons (Fsp3) is 0.750. The van der Waals surface area contributed by atoms with E-state index in [1.807, 2.05) is 13.8 Å². The van der Waals surface area contributed by atoms with E-state index in [0.717, 1.165) is 6.42 Å². The van der Waals surface area contributed by atoms with Gasteiger partial charge in [-0.3, -0.25) is 0 Å². The zero-order valence-corrected chi connectivity index (χ0v) is 7.41. The zero-order valence-electron chi connectivity index (χ0n) is 7.41. The van der Waals surface area contributed by atoms with Crippen LogP contribution in [0.15, 0.2) is 4.99 Å². The van der Waals surface area contributed by atoms with Gasteiger partial charge in [0, 0.05) is 0 Å². The van der Waals surface area contributed by atoms with Crippen molar-refractivity contribution in [2.45, 2.75) is 26.3 Å². The van der Waals surface area contributed by atoms with Crippen LogP contribution in [0.4, 0.5) is 0 Å². The van der Waals surface area contributed by atoms with Crippen LogP contribution in [0.5, 0.6) is 0 Å². The van der Waals surface area contributed by atoms with Gasteiger partial charge in [-0.1, -0.05) is 13.8 Å². The number of cyclic esters (lactones) is 1. The third-order valence-corrected chi connectivity index (χ3v) is 1.66.